The molecular formula is C15H22FNO. The van der Waals surface area contributed by atoms with Gasteiger partial charge in [-0.25, -0.2) is 4.39 Å². The summed E-state index contributed by atoms with van der Waals surface area (Å²) in [5.74, 6) is -0.290. The standard InChI is InChI=1S/C15H22FNO/c1-4-13(8-7-11-18)12-17-10-9-14(5-2)15(16)6-3/h4,6-10,17-18H,3,5,11-12H2,1-2H3/b8-7-,10-9+,13-4+,15-14+. The molecule has 0 aromatic heterocycles. The van der Waals surface area contributed by atoms with Gasteiger partial charge in [-0.3, -0.25) is 0 Å². The van der Waals surface area contributed by atoms with Crippen LogP contribution in [0.3, 0.4) is 0 Å². The molecule has 2 nitrogen and oxygen atoms in total. The van der Waals surface area contributed by atoms with Crippen LogP contribution in [0, 0.1) is 0 Å². The van der Waals surface area contributed by atoms with Gasteiger partial charge in [0.25, 0.3) is 0 Å². The Morgan fingerprint density at radius 3 is 2.61 bits per heavy atom. The highest BCUT2D eigenvalue weighted by molar-refractivity contribution is 5.27. The van der Waals surface area contributed by atoms with Gasteiger partial charge in [0.1, 0.15) is 5.83 Å². The van der Waals surface area contributed by atoms with Crippen LogP contribution in [0.15, 0.2) is 60.1 Å². The summed E-state index contributed by atoms with van der Waals surface area (Å²) in [5.41, 5.74) is 1.67. The van der Waals surface area contributed by atoms with Crippen molar-refractivity contribution in [3.8, 4) is 0 Å². The molecule has 0 aliphatic carbocycles. The topological polar surface area (TPSA) is 32.3 Å². The molecule has 0 saturated heterocycles. The Morgan fingerprint density at radius 2 is 2.11 bits per heavy atom. The second kappa shape index (κ2) is 10.5. The Hall–Kier alpha value is -1.61. The molecule has 0 atom stereocenters. The van der Waals surface area contributed by atoms with Crippen LogP contribution in [0.4, 0.5) is 4.39 Å². The molecule has 0 saturated carbocycles. The molecule has 0 fully saturated rings. The summed E-state index contributed by atoms with van der Waals surface area (Å²) in [5, 5.41) is 11.7. The highest BCUT2D eigenvalue weighted by atomic mass is 19.1. The Labute approximate surface area is 109 Å². The lowest BCUT2D eigenvalue weighted by molar-refractivity contribution is 0.342. The zero-order valence-corrected chi connectivity index (χ0v) is 11.1. The van der Waals surface area contributed by atoms with Crippen molar-refractivity contribution in [1.82, 2.24) is 5.32 Å². The Morgan fingerprint density at radius 1 is 1.39 bits per heavy atom. The molecular weight excluding hydrogens is 229 g/mol. The first-order valence-corrected chi connectivity index (χ1v) is 6.03. The number of allylic oxidation sites excluding steroid dienone is 5. The molecule has 0 aromatic carbocycles. The summed E-state index contributed by atoms with van der Waals surface area (Å²) in [4.78, 5) is 0. The monoisotopic (exact) mass is 251 g/mol. The van der Waals surface area contributed by atoms with Gasteiger partial charge in [-0.2, -0.15) is 0 Å². The number of halogens is 1. The summed E-state index contributed by atoms with van der Waals surface area (Å²) in [6.07, 6.45) is 10.7. The first-order valence-electron chi connectivity index (χ1n) is 6.03. The lowest BCUT2D eigenvalue weighted by atomic mass is 10.1. The highest BCUT2D eigenvalue weighted by Gasteiger charge is 1.96. The molecule has 2 N–H and O–H groups in total. The third-order valence-corrected chi connectivity index (χ3v) is 2.38. The molecule has 0 radical (unpaired) electrons. The van der Waals surface area contributed by atoms with Crippen LogP contribution in [-0.2, 0) is 0 Å². The van der Waals surface area contributed by atoms with Crippen molar-refractivity contribution in [2.75, 3.05) is 13.2 Å². The van der Waals surface area contributed by atoms with Gasteiger partial charge < -0.3 is 10.4 Å². The molecule has 0 aliphatic heterocycles. The minimum absolute atomic E-state index is 0.0282. The number of aliphatic hydroxyl groups excluding tert-OH is 1. The zero-order valence-electron chi connectivity index (χ0n) is 11.1. The summed E-state index contributed by atoms with van der Waals surface area (Å²) < 4.78 is 13.2. The van der Waals surface area contributed by atoms with Crippen LogP contribution < -0.4 is 5.32 Å². The molecule has 18 heavy (non-hydrogen) atoms. The van der Waals surface area contributed by atoms with E-state index in [1.165, 1.54) is 6.08 Å². The average Bonchev–Trinajstić information content (AvgIpc) is 2.41. The van der Waals surface area contributed by atoms with E-state index >= 15 is 0 Å². The first kappa shape index (κ1) is 16.4. The smallest absolute Gasteiger partial charge is 0.125 e. The van der Waals surface area contributed by atoms with Gasteiger partial charge in [-0.15, -0.1) is 0 Å². The summed E-state index contributed by atoms with van der Waals surface area (Å²) >= 11 is 0. The molecule has 0 amide bonds. The maximum absolute atomic E-state index is 13.2. The normalized spacial score (nSPS) is 14.1. The summed E-state index contributed by atoms with van der Waals surface area (Å²) in [6.45, 7) is 7.89. The highest BCUT2D eigenvalue weighted by Crippen LogP contribution is 2.12. The van der Waals surface area contributed by atoms with Gasteiger partial charge in [0.15, 0.2) is 0 Å². The van der Waals surface area contributed by atoms with Crippen LogP contribution in [0.1, 0.15) is 20.3 Å². The van der Waals surface area contributed by atoms with Crippen LogP contribution in [0.25, 0.3) is 0 Å². The zero-order chi connectivity index (χ0) is 13.8. The van der Waals surface area contributed by atoms with Crippen molar-refractivity contribution in [2.45, 2.75) is 20.3 Å². The Balaban J connectivity index is 4.33. The van der Waals surface area contributed by atoms with Crippen LogP contribution in [0.5, 0.6) is 0 Å². The molecule has 0 heterocycles. The third kappa shape index (κ3) is 6.86. The number of rotatable bonds is 8. The molecule has 0 spiro atoms. The van der Waals surface area contributed by atoms with Gasteiger partial charge in [0, 0.05) is 6.54 Å². The lowest BCUT2D eigenvalue weighted by Gasteiger charge is -2.02. The molecule has 0 aliphatic rings. The van der Waals surface area contributed by atoms with Gasteiger partial charge in [0.2, 0.25) is 0 Å². The maximum atomic E-state index is 13.2. The largest absolute Gasteiger partial charge is 0.392 e. The van der Waals surface area contributed by atoms with Gasteiger partial charge in [-0.05, 0) is 42.8 Å². The minimum Gasteiger partial charge on any atom is -0.392 e. The number of hydrogen-bond acceptors (Lipinski definition) is 2. The fourth-order valence-electron chi connectivity index (χ4n) is 1.30. The van der Waals surface area contributed by atoms with Gasteiger partial charge in [0.05, 0.1) is 6.61 Å². The van der Waals surface area contributed by atoms with Crippen LogP contribution in [-0.4, -0.2) is 18.3 Å². The second-order valence-electron chi connectivity index (χ2n) is 3.59. The van der Waals surface area contributed by atoms with E-state index in [1.54, 1.807) is 18.4 Å². The van der Waals surface area contributed by atoms with E-state index in [2.05, 4.69) is 11.9 Å². The van der Waals surface area contributed by atoms with Crippen molar-refractivity contribution in [2.24, 2.45) is 0 Å². The van der Waals surface area contributed by atoms with Crippen molar-refractivity contribution >= 4 is 0 Å². The molecule has 0 rings (SSSR count). The molecule has 0 bridgehead atoms. The van der Waals surface area contributed by atoms with E-state index in [-0.39, 0.29) is 12.4 Å². The second-order valence-corrected chi connectivity index (χ2v) is 3.59. The number of nitrogens with one attached hydrogen (secondary N) is 1. The first-order chi connectivity index (χ1) is 8.69. The molecule has 100 valence electrons. The quantitative estimate of drug-likeness (QED) is 0.648. The predicted octanol–water partition coefficient (Wildman–Crippen LogP) is 3.40. The van der Waals surface area contributed by atoms with Crippen molar-refractivity contribution in [1.29, 1.82) is 0 Å². The Kier molecular flexibility index (Phi) is 9.60. The number of hydrogen-bond donors (Lipinski definition) is 2. The molecule has 3 heteroatoms. The Bertz CT molecular complexity index is 365. The number of aliphatic hydroxyl groups is 1. The van der Waals surface area contributed by atoms with Gasteiger partial charge in [-0.1, -0.05) is 31.7 Å². The van der Waals surface area contributed by atoms with Crippen molar-refractivity contribution in [3.63, 3.8) is 0 Å². The molecule has 0 aromatic rings. The van der Waals surface area contributed by atoms with E-state index in [0.717, 1.165) is 5.57 Å². The summed E-state index contributed by atoms with van der Waals surface area (Å²) in [6, 6.07) is 0. The van der Waals surface area contributed by atoms with Crippen molar-refractivity contribution in [3.05, 3.63) is 60.1 Å². The fraction of sp³-hybridized carbons (Fsp3) is 0.333. The lowest BCUT2D eigenvalue weighted by Crippen LogP contribution is -2.08. The minimum atomic E-state index is -0.290. The van der Waals surface area contributed by atoms with Gasteiger partial charge >= 0.3 is 0 Å². The fourth-order valence-corrected chi connectivity index (χ4v) is 1.30. The summed E-state index contributed by atoms with van der Waals surface area (Å²) in [7, 11) is 0. The average molecular weight is 251 g/mol. The third-order valence-electron chi connectivity index (χ3n) is 2.38. The SMILES string of the molecule is C=C/C(F)=C(\C=C\NCC(/C=C\CO)=C/C)CC. The van der Waals surface area contributed by atoms with Crippen LogP contribution >= 0.6 is 0 Å². The maximum Gasteiger partial charge on any atom is 0.125 e. The van der Waals surface area contributed by atoms with Crippen molar-refractivity contribution < 1.29 is 9.50 Å². The van der Waals surface area contributed by atoms with Crippen LogP contribution in [0.2, 0.25) is 0 Å². The van der Waals surface area contributed by atoms with E-state index in [4.69, 9.17) is 5.11 Å². The van der Waals surface area contributed by atoms with E-state index in [9.17, 15) is 4.39 Å². The van der Waals surface area contributed by atoms with E-state index in [0.29, 0.717) is 18.5 Å². The van der Waals surface area contributed by atoms with E-state index < -0.39 is 0 Å². The van der Waals surface area contributed by atoms with E-state index in [1.807, 2.05) is 26.0 Å². The molecule has 0 unspecified atom stereocenters. The predicted molar refractivity (Wildman–Crippen MR) is 75.7 cm³/mol.